The zero-order chi connectivity index (χ0) is 47.7. The smallest absolute Gasteiger partial charge is 0.220 e. The zero-order valence-corrected chi connectivity index (χ0v) is 44.7. The van der Waals surface area contributed by atoms with Gasteiger partial charge in [0, 0.05) is 6.42 Å². The Morgan fingerprint density at radius 3 is 0.970 bits per heavy atom. The van der Waals surface area contributed by atoms with Gasteiger partial charge in [-0.1, -0.05) is 300 Å². The number of rotatable bonds is 55. The van der Waals surface area contributed by atoms with Crippen LogP contribution >= 0.6 is 0 Å². The Bertz CT molecular complexity index is 1050. The molecule has 0 spiro atoms. The molecule has 0 bridgehead atoms. The van der Waals surface area contributed by atoms with E-state index in [-0.39, 0.29) is 12.5 Å². The second kappa shape index (κ2) is 57.7. The molecule has 0 heterocycles. The number of carbonyl (C=O) groups excluding carboxylic acids is 1. The van der Waals surface area contributed by atoms with Crippen molar-refractivity contribution in [3.63, 3.8) is 0 Å². The highest BCUT2D eigenvalue weighted by Gasteiger charge is 2.18. The van der Waals surface area contributed by atoms with Gasteiger partial charge in [-0.15, -0.1) is 0 Å². The number of unbranched alkanes of at least 4 members (excludes halogenated alkanes) is 42. The molecule has 0 saturated heterocycles. The van der Waals surface area contributed by atoms with Crippen LogP contribution in [0.25, 0.3) is 0 Å². The van der Waals surface area contributed by atoms with E-state index >= 15 is 0 Å². The van der Waals surface area contributed by atoms with Crippen LogP contribution in [0.5, 0.6) is 0 Å². The third-order valence-corrected chi connectivity index (χ3v) is 13.8. The van der Waals surface area contributed by atoms with Crippen molar-refractivity contribution < 1.29 is 15.0 Å². The molecule has 2 atom stereocenters. The fourth-order valence-electron chi connectivity index (χ4n) is 9.23. The lowest BCUT2D eigenvalue weighted by molar-refractivity contribution is -0.123. The van der Waals surface area contributed by atoms with Crippen LogP contribution in [0.4, 0.5) is 0 Å². The van der Waals surface area contributed by atoms with Crippen LogP contribution in [-0.4, -0.2) is 34.9 Å². The minimum Gasteiger partial charge on any atom is -0.394 e. The first kappa shape index (κ1) is 64.3. The Morgan fingerprint density at radius 1 is 0.364 bits per heavy atom. The summed E-state index contributed by atoms with van der Waals surface area (Å²) in [5, 5.41) is 23.1. The highest BCUT2D eigenvalue weighted by molar-refractivity contribution is 5.76. The molecule has 0 aliphatic rings. The summed E-state index contributed by atoms with van der Waals surface area (Å²) in [5.41, 5.74) is 0. The first-order chi connectivity index (χ1) is 32.7. The second-order valence-electron chi connectivity index (χ2n) is 20.4. The predicted octanol–water partition coefficient (Wildman–Crippen LogP) is 19.8. The van der Waals surface area contributed by atoms with Crippen LogP contribution in [0.2, 0.25) is 0 Å². The number of hydrogen-bond acceptors (Lipinski definition) is 3. The molecule has 0 rings (SSSR count). The molecule has 1 amide bonds. The van der Waals surface area contributed by atoms with Crippen molar-refractivity contribution in [3.8, 4) is 0 Å². The van der Waals surface area contributed by atoms with Gasteiger partial charge in [0.25, 0.3) is 0 Å². The lowest BCUT2D eigenvalue weighted by Crippen LogP contribution is -2.45. The fourth-order valence-corrected chi connectivity index (χ4v) is 9.23. The van der Waals surface area contributed by atoms with E-state index in [4.69, 9.17) is 0 Å². The summed E-state index contributed by atoms with van der Waals surface area (Å²) >= 11 is 0. The Morgan fingerprint density at radius 2 is 0.636 bits per heavy atom. The molecule has 0 fully saturated rings. The predicted molar refractivity (Wildman–Crippen MR) is 295 cm³/mol. The molecule has 0 aliphatic heterocycles. The average molecular weight is 925 g/mol. The van der Waals surface area contributed by atoms with Gasteiger partial charge in [0.05, 0.1) is 18.8 Å². The monoisotopic (exact) mass is 924 g/mol. The summed E-state index contributed by atoms with van der Waals surface area (Å²) < 4.78 is 0. The average Bonchev–Trinajstić information content (AvgIpc) is 3.32. The minimum atomic E-state index is -0.861. The largest absolute Gasteiger partial charge is 0.394 e. The number of amides is 1. The maximum absolute atomic E-state index is 12.5. The van der Waals surface area contributed by atoms with E-state index in [1.807, 2.05) is 6.08 Å². The number of aliphatic hydroxyl groups is 2. The Kier molecular flexibility index (Phi) is 56.2. The SMILES string of the molecule is CCCCCCC/C=C\C/C=C\CCCCCCCCCCCCCCCCCCCCCCCCCCCC(=O)NC(CO)C(O)/C=C/CC/C=C/CCCCCCCCCCCCC. The summed E-state index contributed by atoms with van der Waals surface area (Å²) in [7, 11) is 0. The molecule has 388 valence electrons. The third-order valence-electron chi connectivity index (χ3n) is 13.8. The maximum Gasteiger partial charge on any atom is 0.220 e. The zero-order valence-electron chi connectivity index (χ0n) is 44.7. The quantitative estimate of drug-likeness (QED) is 0.0420. The summed E-state index contributed by atoms with van der Waals surface area (Å²) in [6.45, 7) is 4.31. The van der Waals surface area contributed by atoms with E-state index in [2.05, 4.69) is 55.6 Å². The molecule has 4 nitrogen and oxygen atoms in total. The van der Waals surface area contributed by atoms with E-state index < -0.39 is 12.1 Å². The lowest BCUT2D eigenvalue weighted by Gasteiger charge is -2.19. The first-order valence-electron chi connectivity index (χ1n) is 29.9. The van der Waals surface area contributed by atoms with Crippen molar-refractivity contribution in [2.45, 2.75) is 334 Å². The molecule has 0 saturated carbocycles. The molecule has 66 heavy (non-hydrogen) atoms. The molecule has 0 aliphatic carbocycles. The minimum absolute atomic E-state index is 0.0686. The first-order valence-corrected chi connectivity index (χ1v) is 29.9. The Hall–Kier alpha value is -1.65. The van der Waals surface area contributed by atoms with Crippen molar-refractivity contribution in [1.29, 1.82) is 0 Å². The van der Waals surface area contributed by atoms with Crippen LogP contribution in [0, 0.1) is 0 Å². The summed E-state index contributed by atoms with van der Waals surface area (Å²) in [4.78, 5) is 12.5. The molecule has 0 aromatic carbocycles. The van der Waals surface area contributed by atoms with Gasteiger partial charge in [-0.3, -0.25) is 4.79 Å². The van der Waals surface area contributed by atoms with E-state index in [0.717, 1.165) is 38.5 Å². The third kappa shape index (κ3) is 53.3. The molecular formula is C62H117NO3. The Balaban J connectivity index is 3.43. The van der Waals surface area contributed by atoms with Crippen LogP contribution in [0.15, 0.2) is 48.6 Å². The van der Waals surface area contributed by atoms with Gasteiger partial charge in [-0.25, -0.2) is 0 Å². The van der Waals surface area contributed by atoms with Gasteiger partial charge < -0.3 is 15.5 Å². The highest BCUT2D eigenvalue weighted by atomic mass is 16.3. The number of allylic oxidation sites excluding steroid dienone is 7. The number of nitrogens with one attached hydrogen (secondary N) is 1. The molecule has 4 heteroatoms. The van der Waals surface area contributed by atoms with Gasteiger partial charge >= 0.3 is 0 Å². The van der Waals surface area contributed by atoms with E-state index in [1.54, 1.807) is 6.08 Å². The van der Waals surface area contributed by atoms with Crippen molar-refractivity contribution >= 4 is 5.91 Å². The molecular weight excluding hydrogens is 807 g/mol. The van der Waals surface area contributed by atoms with Crippen molar-refractivity contribution in [2.75, 3.05) is 6.61 Å². The molecule has 2 unspecified atom stereocenters. The summed E-state index contributed by atoms with van der Waals surface area (Å²) in [6, 6.07) is -0.638. The van der Waals surface area contributed by atoms with E-state index in [9.17, 15) is 15.0 Å². The summed E-state index contributed by atoms with van der Waals surface area (Å²) in [6.07, 6.45) is 80.1. The van der Waals surface area contributed by atoms with E-state index in [0.29, 0.717) is 6.42 Å². The van der Waals surface area contributed by atoms with Crippen LogP contribution in [0.1, 0.15) is 322 Å². The molecule has 0 aromatic rings. The molecule has 0 aromatic heterocycles. The Labute approximate surface area is 414 Å². The van der Waals surface area contributed by atoms with Crippen molar-refractivity contribution in [1.82, 2.24) is 5.32 Å². The van der Waals surface area contributed by atoms with Gasteiger partial charge in [-0.05, 0) is 64.2 Å². The molecule has 3 N–H and O–H groups in total. The van der Waals surface area contributed by atoms with Gasteiger partial charge in [0.1, 0.15) is 0 Å². The van der Waals surface area contributed by atoms with Crippen LogP contribution in [0.3, 0.4) is 0 Å². The molecule has 0 radical (unpaired) electrons. The number of aliphatic hydroxyl groups excluding tert-OH is 2. The lowest BCUT2D eigenvalue weighted by atomic mass is 10.0. The summed E-state index contributed by atoms with van der Waals surface area (Å²) in [5.74, 6) is -0.0686. The fraction of sp³-hybridized carbons (Fsp3) is 0.855. The standard InChI is InChI=1S/C62H117NO3/c1-3-5-7-9-11-13-15-17-19-21-22-23-24-25-26-27-28-29-30-31-32-33-34-35-36-37-38-39-40-42-44-46-48-50-52-54-56-58-62(66)63-60(59-64)61(65)57-55-53-51-49-47-45-43-41-20-18-16-14-12-10-8-6-4-2/h15,17,21-22,47,49,55,57,60-61,64-65H,3-14,16,18-20,23-46,48,50-54,56,58-59H2,1-2H3,(H,63,66)/b17-15-,22-21-,49-47+,57-55+. The van der Waals surface area contributed by atoms with Crippen LogP contribution in [-0.2, 0) is 4.79 Å². The van der Waals surface area contributed by atoms with Gasteiger partial charge in [0.15, 0.2) is 0 Å². The van der Waals surface area contributed by atoms with Crippen molar-refractivity contribution in [3.05, 3.63) is 48.6 Å². The highest BCUT2D eigenvalue weighted by Crippen LogP contribution is 2.17. The second-order valence-corrected chi connectivity index (χ2v) is 20.4. The maximum atomic E-state index is 12.5. The van der Waals surface area contributed by atoms with Crippen LogP contribution < -0.4 is 5.32 Å². The topological polar surface area (TPSA) is 69.6 Å². The van der Waals surface area contributed by atoms with Gasteiger partial charge in [0.2, 0.25) is 5.91 Å². The van der Waals surface area contributed by atoms with Crippen molar-refractivity contribution in [2.24, 2.45) is 0 Å². The van der Waals surface area contributed by atoms with E-state index in [1.165, 1.54) is 263 Å². The number of hydrogen-bond donors (Lipinski definition) is 3. The number of carbonyl (C=O) groups is 1. The normalized spacial score (nSPS) is 13.1. The van der Waals surface area contributed by atoms with Gasteiger partial charge in [-0.2, -0.15) is 0 Å².